The van der Waals surface area contributed by atoms with E-state index >= 15 is 0 Å². The van der Waals surface area contributed by atoms with Gasteiger partial charge in [-0.1, -0.05) is 39.0 Å². The summed E-state index contributed by atoms with van der Waals surface area (Å²) in [6.07, 6.45) is 0.404. The van der Waals surface area contributed by atoms with E-state index in [0.29, 0.717) is 12.0 Å². The van der Waals surface area contributed by atoms with Gasteiger partial charge in [-0.25, -0.2) is 4.39 Å². The fourth-order valence-electron chi connectivity index (χ4n) is 2.28. The molecule has 2 atom stereocenters. The summed E-state index contributed by atoms with van der Waals surface area (Å²) >= 11 is 0. The summed E-state index contributed by atoms with van der Waals surface area (Å²) < 4.78 is 19.2. The van der Waals surface area contributed by atoms with Crippen LogP contribution in [0.5, 0.6) is 0 Å². The first-order valence-corrected chi connectivity index (χ1v) is 6.12. The van der Waals surface area contributed by atoms with Crippen molar-refractivity contribution in [1.82, 2.24) is 5.43 Å². The normalized spacial score (nSPS) is 15.4. The van der Waals surface area contributed by atoms with Crippen molar-refractivity contribution in [3.63, 3.8) is 0 Å². The Morgan fingerprint density at radius 3 is 2.39 bits per heavy atom. The maximum Gasteiger partial charge on any atom is 0.126 e. The van der Waals surface area contributed by atoms with Crippen molar-refractivity contribution in [2.45, 2.75) is 39.3 Å². The molecule has 4 heteroatoms. The fraction of sp³-hybridized carbons (Fsp3) is 0.571. The van der Waals surface area contributed by atoms with Crippen molar-refractivity contribution in [1.29, 1.82) is 0 Å². The monoisotopic (exact) mass is 254 g/mol. The van der Waals surface area contributed by atoms with Crippen LogP contribution in [0.3, 0.4) is 0 Å². The van der Waals surface area contributed by atoms with E-state index in [9.17, 15) is 4.39 Å². The molecule has 0 aliphatic carbocycles. The van der Waals surface area contributed by atoms with Gasteiger partial charge in [-0.05, 0) is 23.5 Å². The molecule has 0 spiro atoms. The summed E-state index contributed by atoms with van der Waals surface area (Å²) in [7, 11) is 1.65. The van der Waals surface area contributed by atoms with Crippen LogP contribution >= 0.6 is 0 Å². The third kappa shape index (κ3) is 3.77. The number of nitrogens with two attached hydrogens (primary N) is 1. The standard InChI is InChI=1S/C14H23FN2O/c1-14(2,3)13(18-4)12(17-16)9-10-7-5-6-8-11(10)15/h5-8,12-13,17H,9,16H2,1-4H3. The molecule has 18 heavy (non-hydrogen) atoms. The molecule has 0 amide bonds. The summed E-state index contributed by atoms with van der Waals surface area (Å²) in [6.45, 7) is 6.23. The van der Waals surface area contributed by atoms with Crippen molar-refractivity contribution < 1.29 is 9.13 Å². The third-order valence-electron chi connectivity index (χ3n) is 3.08. The van der Waals surface area contributed by atoms with Crippen molar-refractivity contribution >= 4 is 0 Å². The molecule has 1 aromatic rings. The Hall–Kier alpha value is -0.970. The van der Waals surface area contributed by atoms with Crippen LogP contribution in [0.1, 0.15) is 26.3 Å². The van der Waals surface area contributed by atoms with Gasteiger partial charge in [0.15, 0.2) is 0 Å². The lowest BCUT2D eigenvalue weighted by Gasteiger charge is -2.35. The zero-order valence-electron chi connectivity index (χ0n) is 11.5. The minimum atomic E-state index is -0.207. The zero-order chi connectivity index (χ0) is 13.8. The van der Waals surface area contributed by atoms with E-state index in [-0.39, 0.29) is 23.4 Å². The van der Waals surface area contributed by atoms with Gasteiger partial charge in [0.2, 0.25) is 0 Å². The predicted molar refractivity (Wildman–Crippen MR) is 71.5 cm³/mol. The first-order valence-electron chi connectivity index (χ1n) is 6.12. The molecule has 0 aliphatic heterocycles. The lowest BCUT2D eigenvalue weighted by molar-refractivity contribution is -0.0112. The van der Waals surface area contributed by atoms with Crippen molar-refractivity contribution in [2.24, 2.45) is 11.3 Å². The molecule has 2 unspecified atom stereocenters. The lowest BCUT2D eigenvalue weighted by Crippen LogP contribution is -2.51. The molecule has 0 saturated heterocycles. The van der Waals surface area contributed by atoms with Gasteiger partial charge in [0.25, 0.3) is 0 Å². The van der Waals surface area contributed by atoms with Crippen LogP contribution in [0.25, 0.3) is 0 Å². The molecule has 3 N–H and O–H groups in total. The van der Waals surface area contributed by atoms with Gasteiger partial charge >= 0.3 is 0 Å². The topological polar surface area (TPSA) is 47.3 Å². The van der Waals surface area contributed by atoms with Crippen molar-refractivity contribution in [3.8, 4) is 0 Å². The number of rotatable bonds is 5. The van der Waals surface area contributed by atoms with E-state index in [0.717, 1.165) is 0 Å². The molecule has 1 aromatic carbocycles. The quantitative estimate of drug-likeness (QED) is 0.626. The minimum absolute atomic E-state index is 0.0724. The highest BCUT2D eigenvalue weighted by Gasteiger charge is 2.32. The second-order valence-electron chi connectivity index (χ2n) is 5.59. The average molecular weight is 254 g/mol. The molecule has 3 nitrogen and oxygen atoms in total. The van der Waals surface area contributed by atoms with Crippen LogP contribution in [0.15, 0.2) is 24.3 Å². The highest BCUT2D eigenvalue weighted by Crippen LogP contribution is 2.26. The summed E-state index contributed by atoms with van der Waals surface area (Å²) in [5, 5.41) is 0. The maximum absolute atomic E-state index is 13.6. The first kappa shape index (κ1) is 15.1. The van der Waals surface area contributed by atoms with Crippen LogP contribution in [0.4, 0.5) is 4.39 Å². The number of hydrazine groups is 1. The molecule has 1 rings (SSSR count). The van der Waals surface area contributed by atoms with Gasteiger partial charge in [-0.2, -0.15) is 0 Å². The van der Waals surface area contributed by atoms with Crippen molar-refractivity contribution in [3.05, 3.63) is 35.6 Å². The molecular weight excluding hydrogens is 231 g/mol. The summed E-state index contributed by atoms with van der Waals surface area (Å²) in [4.78, 5) is 0. The molecular formula is C14H23FN2O. The second-order valence-corrected chi connectivity index (χ2v) is 5.59. The Labute approximate surface area is 108 Å². The molecule has 0 aliphatic rings. The molecule has 0 fully saturated rings. The summed E-state index contributed by atoms with van der Waals surface area (Å²) in [5.74, 6) is 5.38. The number of ether oxygens (including phenoxy) is 1. The molecule has 0 heterocycles. The first-order chi connectivity index (χ1) is 8.40. The number of benzene rings is 1. The average Bonchev–Trinajstić information content (AvgIpc) is 2.29. The van der Waals surface area contributed by atoms with Crippen molar-refractivity contribution in [2.75, 3.05) is 7.11 Å². The van der Waals surface area contributed by atoms with E-state index in [4.69, 9.17) is 10.6 Å². The lowest BCUT2D eigenvalue weighted by atomic mass is 9.82. The molecule has 0 aromatic heterocycles. The Morgan fingerprint density at radius 2 is 1.94 bits per heavy atom. The minimum Gasteiger partial charge on any atom is -0.379 e. The number of methoxy groups -OCH3 is 1. The van der Waals surface area contributed by atoms with Crippen LogP contribution in [0, 0.1) is 11.2 Å². The largest absolute Gasteiger partial charge is 0.379 e. The van der Waals surface area contributed by atoms with Crippen LogP contribution < -0.4 is 11.3 Å². The van der Waals surface area contributed by atoms with E-state index in [1.165, 1.54) is 6.07 Å². The SMILES string of the molecule is COC(C(Cc1ccccc1F)NN)C(C)(C)C. The number of halogens is 1. The van der Waals surface area contributed by atoms with E-state index in [1.54, 1.807) is 19.2 Å². The smallest absolute Gasteiger partial charge is 0.126 e. The van der Waals surface area contributed by atoms with Gasteiger partial charge < -0.3 is 4.74 Å². The Balaban J connectivity index is 2.88. The molecule has 0 radical (unpaired) electrons. The van der Waals surface area contributed by atoms with Crippen LogP contribution in [-0.2, 0) is 11.2 Å². The summed E-state index contributed by atoms with van der Waals surface area (Å²) in [6, 6.07) is 6.61. The second kappa shape index (κ2) is 6.27. The number of hydrogen-bond donors (Lipinski definition) is 2. The van der Waals surface area contributed by atoms with Gasteiger partial charge in [-0.15, -0.1) is 0 Å². The van der Waals surface area contributed by atoms with Gasteiger partial charge in [0.05, 0.1) is 12.1 Å². The highest BCUT2D eigenvalue weighted by molar-refractivity contribution is 5.19. The van der Waals surface area contributed by atoms with E-state index in [2.05, 4.69) is 26.2 Å². The van der Waals surface area contributed by atoms with E-state index in [1.807, 2.05) is 6.07 Å². The van der Waals surface area contributed by atoms with Gasteiger partial charge in [0.1, 0.15) is 5.82 Å². The Morgan fingerprint density at radius 1 is 1.33 bits per heavy atom. The Kier molecular flexibility index (Phi) is 5.26. The Bertz CT molecular complexity index is 376. The third-order valence-corrected chi connectivity index (χ3v) is 3.08. The maximum atomic E-state index is 13.6. The number of nitrogens with one attached hydrogen (secondary N) is 1. The molecule has 102 valence electrons. The van der Waals surface area contributed by atoms with Gasteiger partial charge in [0, 0.05) is 7.11 Å². The highest BCUT2D eigenvalue weighted by atomic mass is 19.1. The summed E-state index contributed by atoms with van der Waals surface area (Å²) in [5.41, 5.74) is 3.32. The zero-order valence-corrected chi connectivity index (χ0v) is 11.5. The molecule has 0 bridgehead atoms. The van der Waals surface area contributed by atoms with Crippen LogP contribution in [0.2, 0.25) is 0 Å². The van der Waals surface area contributed by atoms with Gasteiger partial charge in [-0.3, -0.25) is 11.3 Å². The number of hydrogen-bond acceptors (Lipinski definition) is 3. The van der Waals surface area contributed by atoms with Crippen LogP contribution in [-0.4, -0.2) is 19.3 Å². The fourth-order valence-corrected chi connectivity index (χ4v) is 2.28. The molecule has 0 saturated carbocycles. The van der Waals surface area contributed by atoms with E-state index < -0.39 is 0 Å². The predicted octanol–water partition coefficient (Wildman–Crippen LogP) is 2.26.